The highest BCUT2D eigenvalue weighted by Gasteiger charge is 2.23. The molecule has 32 heavy (non-hydrogen) atoms. The van der Waals surface area contributed by atoms with Gasteiger partial charge in [0.15, 0.2) is 5.82 Å². The number of nitrogens with one attached hydrogen (secondary N) is 2. The highest BCUT2D eigenvalue weighted by Crippen LogP contribution is 2.25. The Morgan fingerprint density at radius 1 is 1.12 bits per heavy atom. The van der Waals surface area contributed by atoms with Gasteiger partial charge in [-0.1, -0.05) is 34.1 Å². The molecule has 1 amide bonds. The number of amides is 1. The van der Waals surface area contributed by atoms with Crippen molar-refractivity contribution < 1.29 is 9.18 Å². The molecule has 1 aliphatic carbocycles. The molecule has 9 heteroatoms. The summed E-state index contributed by atoms with van der Waals surface area (Å²) in [5.41, 5.74) is 1.19. The highest BCUT2D eigenvalue weighted by molar-refractivity contribution is 9.09. The van der Waals surface area contributed by atoms with Crippen LogP contribution >= 0.6 is 15.9 Å². The van der Waals surface area contributed by atoms with Gasteiger partial charge in [-0.2, -0.15) is 0 Å². The first-order valence-corrected chi connectivity index (χ1v) is 11.6. The van der Waals surface area contributed by atoms with Crippen molar-refractivity contribution in [3.8, 4) is 16.9 Å². The van der Waals surface area contributed by atoms with E-state index in [0.29, 0.717) is 22.5 Å². The molecule has 7 nitrogen and oxygen atoms in total. The van der Waals surface area contributed by atoms with Crippen LogP contribution in [0.5, 0.6) is 0 Å². The molecule has 0 unspecified atom stereocenters. The number of aromatic nitrogens is 3. The number of carbonyl (C=O) groups is 1. The zero-order valence-corrected chi connectivity index (χ0v) is 18.9. The maximum atomic E-state index is 14.6. The molecular weight excluding hydrogens is 477 g/mol. The number of carbonyl (C=O) groups excluding carboxylic acids is 1. The molecule has 2 N–H and O–H groups in total. The minimum atomic E-state index is -0.533. The van der Waals surface area contributed by atoms with Gasteiger partial charge in [-0.15, -0.1) is 0 Å². The van der Waals surface area contributed by atoms with E-state index in [2.05, 4.69) is 36.5 Å². The fourth-order valence-electron chi connectivity index (χ4n) is 3.91. The number of hydrogen-bond acceptors (Lipinski definition) is 5. The third-order valence-corrected chi connectivity index (χ3v) is 6.02. The summed E-state index contributed by atoms with van der Waals surface area (Å²) in [5.74, 6) is -0.182. The topological polar surface area (TPSA) is 88.9 Å². The predicted molar refractivity (Wildman–Crippen MR) is 125 cm³/mol. The van der Waals surface area contributed by atoms with Gasteiger partial charge in [-0.05, 0) is 43.9 Å². The second kappa shape index (κ2) is 10.0. The second-order valence-electron chi connectivity index (χ2n) is 7.74. The Morgan fingerprint density at radius 2 is 1.91 bits per heavy atom. The van der Waals surface area contributed by atoms with E-state index in [1.165, 1.54) is 10.6 Å². The summed E-state index contributed by atoms with van der Waals surface area (Å²) in [5, 5.41) is 6.59. The smallest absolute Gasteiger partial charge is 0.255 e. The Labute approximate surface area is 193 Å². The van der Waals surface area contributed by atoms with Crippen molar-refractivity contribution in [2.45, 2.75) is 37.8 Å². The summed E-state index contributed by atoms with van der Waals surface area (Å²) in [6, 6.07) is 12.3. The van der Waals surface area contributed by atoms with E-state index in [1.807, 2.05) is 0 Å². The van der Waals surface area contributed by atoms with Gasteiger partial charge in [0.25, 0.3) is 5.56 Å². The van der Waals surface area contributed by atoms with E-state index in [-0.39, 0.29) is 29.2 Å². The van der Waals surface area contributed by atoms with Crippen LogP contribution in [0, 0.1) is 5.82 Å². The normalized spacial score (nSPS) is 18.2. The summed E-state index contributed by atoms with van der Waals surface area (Å²) in [6.07, 6.45) is 6.26. The van der Waals surface area contributed by atoms with Gasteiger partial charge in [0.1, 0.15) is 5.69 Å². The van der Waals surface area contributed by atoms with E-state index in [0.717, 1.165) is 31.9 Å². The van der Waals surface area contributed by atoms with Gasteiger partial charge >= 0.3 is 0 Å². The Bertz CT molecular complexity index is 1160. The van der Waals surface area contributed by atoms with Crippen molar-refractivity contribution in [1.82, 2.24) is 19.9 Å². The van der Waals surface area contributed by atoms with Crippen molar-refractivity contribution >= 4 is 27.8 Å². The van der Waals surface area contributed by atoms with Gasteiger partial charge in [0, 0.05) is 35.6 Å². The van der Waals surface area contributed by atoms with Gasteiger partial charge < -0.3 is 10.6 Å². The zero-order valence-electron chi connectivity index (χ0n) is 17.3. The van der Waals surface area contributed by atoms with Crippen molar-refractivity contribution in [1.29, 1.82) is 0 Å². The van der Waals surface area contributed by atoms with Crippen LogP contribution < -0.4 is 16.2 Å². The number of alkyl halides is 1. The fourth-order valence-corrected chi connectivity index (χ4v) is 4.08. The van der Waals surface area contributed by atoms with Gasteiger partial charge in [0.05, 0.1) is 11.5 Å². The maximum absolute atomic E-state index is 14.6. The molecule has 1 aromatic carbocycles. The summed E-state index contributed by atoms with van der Waals surface area (Å²) < 4.78 is 16.1. The lowest BCUT2D eigenvalue weighted by Crippen LogP contribution is -2.40. The Kier molecular flexibility index (Phi) is 6.94. The van der Waals surface area contributed by atoms with Crippen LogP contribution in [0.1, 0.15) is 25.7 Å². The maximum Gasteiger partial charge on any atom is 0.255 e. The quantitative estimate of drug-likeness (QED) is 0.505. The first kappa shape index (κ1) is 22.1. The third-order valence-electron chi connectivity index (χ3n) is 5.51. The minimum absolute atomic E-state index is 0.00656. The van der Waals surface area contributed by atoms with Gasteiger partial charge in [-0.25, -0.2) is 14.4 Å². The lowest BCUT2D eigenvalue weighted by molar-refractivity contribution is -0.119. The largest absolute Gasteiger partial charge is 0.353 e. The Balaban J connectivity index is 1.50. The molecular formula is C23H23BrFN5O2. The molecule has 0 radical (unpaired) electrons. The first-order chi connectivity index (χ1) is 15.5. The zero-order chi connectivity index (χ0) is 22.5. The number of rotatable bonds is 6. The molecule has 0 aliphatic heterocycles. The van der Waals surface area contributed by atoms with Crippen LogP contribution in [0.2, 0.25) is 0 Å². The lowest BCUT2D eigenvalue weighted by atomic mass is 9.91. The average Bonchev–Trinajstić information content (AvgIpc) is 2.82. The standard InChI is InChI=1S/C23H23BrFN5O2/c24-13-20(31)27-16-7-9-17(10-8-16)28-23-26-14-19(25)22(29-23)15-4-3-5-18(12-15)30-11-2-1-6-21(30)32/h1-6,11-12,14,16-17H,7-10,13H2,(H,27,31)(H,26,28,29)/t16-,17-. The summed E-state index contributed by atoms with van der Waals surface area (Å²) in [7, 11) is 0. The molecule has 3 aromatic rings. The highest BCUT2D eigenvalue weighted by atomic mass is 79.9. The van der Waals surface area contributed by atoms with Gasteiger partial charge in [-0.3, -0.25) is 14.2 Å². The van der Waals surface area contributed by atoms with E-state index in [1.54, 1.807) is 42.6 Å². The molecule has 0 spiro atoms. The SMILES string of the molecule is O=C(CBr)N[C@H]1CC[C@H](Nc2ncc(F)c(-c3cccc(-n4ccccc4=O)c3)n2)CC1. The molecule has 4 rings (SSSR count). The second-order valence-corrected chi connectivity index (χ2v) is 8.30. The molecule has 1 fully saturated rings. The van der Waals surface area contributed by atoms with E-state index >= 15 is 0 Å². The average molecular weight is 500 g/mol. The molecule has 0 saturated heterocycles. The predicted octanol–water partition coefficient (Wildman–Crippen LogP) is 3.67. The van der Waals surface area contributed by atoms with E-state index in [9.17, 15) is 14.0 Å². The molecule has 2 aromatic heterocycles. The molecule has 0 atom stereocenters. The third kappa shape index (κ3) is 5.21. The Morgan fingerprint density at radius 3 is 2.66 bits per heavy atom. The molecule has 0 bridgehead atoms. The summed E-state index contributed by atoms with van der Waals surface area (Å²) in [4.78, 5) is 32.2. The number of pyridine rings is 1. The van der Waals surface area contributed by atoms with Crippen LogP contribution in [0.15, 0.2) is 59.7 Å². The van der Waals surface area contributed by atoms with E-state index in [4.69, 9.17) is 0 Å². The van der Waals surface area contributed by atoms with E-state index < -0.39 is 5.82 Å². The van der Waals surface area contributed by atoms with Crippen LogP contribution in [0.4, 0.5) is 10.3 Å². The van der Waals surface area contributed by atoms with Crippen molar-refractivity contribution in [2.24, 2.45) is 0 Å². The number of hydrogen-bond donors (Lipinski definition) is 2. The number of halogens is 2. The fraction of sp³-hybridized carbons (Fsp3) is 0.304. The number of anilines is 1. The lowest BCUT2D eigenvalue weighted by Gasteiger charge is -2.29. The van der Waals surface area contributed by atoms with Crippen molar-refractivity contribution in [2.75, 3.05) is 10.6 Å². The Hall–Kier alpha value is -3.07. The monoisotopic (exact) mass is 499 g/mol. The number of benzene rings is 1. The van der Waals surface area contributed by atoms with Crippen molar-refractivity contribution in [3.63, 3.8) is 0 Å². The molecule has 1 aliphatic rings. The van der Waals surface area contributed by atoms with Crippen LogP contribution in [0.25, 0.3) is 16.9 Å². The van der Waals surface area contributed by atoms with Crippen molar-refractivity contribution in [3.05, 3.63) is 71.0 Å². The molecule has 166 valence electrons. The van der Waals surface area contributed by atoms with Crippen LogP contribution in [-0.4, -0.2) is 37.9 Å². The van der Waals surface area contributed by atoms with Crippen LogP contribution in [-0.2, 0) is 4.79 Å². The first-order valence-electron chi connectivity index (χ1n) is 10.5. The minimum Gasteiger partial charge on any atom is -0.353 e. The van der Waals surface area contributed by atoms with Crippen LogP contribution in [0.3, 0.4) is 0 Å². The summed E-state index contributed by atoms with van der Waals surface area (Å²) >= 11 is 3.16. The van der Waals surface area contributed by atoms with Gasteiger partial charge in [0.2, 0.25) is 11.9 Å². The number of nitrogens with zero attached hydrogens (tertiary/aromatic N) is 3. The summed E-state index contributed by atoms with van der Waals surface area (Å²) in [6.45, 7) is 0. The molecule has 1 saturated carbocycles. The molecule has 2 heterocycles.